The number of carboxylic acid groups (broad SMARTS) is 1. The Kier molecular flexibility index (Phi) is 3.76. The first kappa shape index (κ1) is 10.8. The summed E-state index contributed by atoms with van der Waals surface area (Å²) in [6.45, 7) is 0.710. The van der Waals surface area contributed by atoms with E-state index in [9.17, 15) is 9.59 Å². The molecule has 76 valence electrons. The van der Waals surface area contributed by atoms with Crippen molar-refractivity contribution >= 4 is 17.7 Å². The van der Waals surface area contributed by atoms with Crippen LogP contribution in [0, 0.1) is 0 Å². The third-order valence-electron chi connectivity index (χ3n) is 1.76. The molecule has 0 saturated heterocycles. The SMILES string of the molecule is CSCCn1ccc(=O)c(C(=O)O)c1. The fourth-order valence-corrected chi connectivity index (χ4v) is 1.42. The highest BCUT2D eigenvalue weighted by atomic mass is 32.2. The van der Waals surface area contributed by atoms with Crippen molar-refractivity contribution in [3.8, 4) is 0 Å². The predicted molar refractivity (Wildman–Crippen MR) is 56.0 cm³/mol. The number of hydrogen-bond acceptors (Lipinski definition) is 3. The molecule has 4 nitrogen and oxygen atoms in total. The number of pyridine rings is 1. The fourth-order valence-electron chi connectivity index (χ4n) is 1.02. The molecule has 1 N–H and O–H groups in total. The third kappa shape index (κ3) is 2.63. The van der Waals surface area contributed by atoms with Crippen molar-refractivity contribution in [2.75, 3.05) is 12.0 Å². The first-order chi connectivity index (χ1) is 6.65. The van der Waals surface area contributed by atoms with Gasteiger partial charge >= 0.3 is 5.97 Å². The lowest BCUT2D eigenvalue weighted by molar-refractivity contribution is 0.0694. The molecular formula is C9H11NO3S. The average molecular weight is 213 g/mol. The van der Waals surface area contributed by atoms with E-state index in [1.807, 2.05) is 6.26 Å². The summed E-state index contributed by atoms with van der Waals surface area (Å²) in [7, 11) is 0. The number of rotatable bonds is 4. The van der Waals surface area contributed by atoms with Crippen molar-refractivity contribution in [3.05, 3.63) is 34.2 Å². The van der Waals surface area contributed by atoms with Gasteiger partial charge in [-0.2, -0.15) is 11.8 Å². The number of aryl methyl sites for hydroxylation is 1. The Morgan fingerprint density at radius 2 is 2.36 bits per heavy atom. The molecule has 0 unspecified atom stereocenters. The monoisotopic (exact) mass is 213 g/mol. The molecule has 0 fully saturated rings. The third-order valence-corrected chi connectivity index (χ3v) is 2.35. The molecule has 14 heavy (non-hydrogen) atoms. The molecule has 0 radical (unpaired) electrons. The van der Waals surface area contributed by atoms with Crippen LogP contribution >= 0.6 is 11.8 Å². The van der Waals surface area contributed by atoms with Gasteiger partial charge in [-0.3, -0.25) is 4.79 Å². The van der Waals surface area contributed by atoms with E-state index in [1.54, 1.807) is 22.5 Å². The second-order valence-electron chi connectivity index (χ2n) is 2.76. The Bertz CT molecular complexity index is 386. The standard InChI is InChI=1S/C9H11NO3S/c1-14-5-4-10-3-2-8(11)7(6-10)9(12)13/h2-3,6H,4-5H2,1H3,(H,12,13). The first-order valence-corrected chi connectivity index (χ1v) is 5.47. The minimum atomic E-state index is -1.17. The van der Waals surface area contributed by atoms with Gasteiger partial charge in [-0.25, -0.2) is 4.79 Å². The van der Waals surface area contributed by atoms with E-state index in [4.69, 9.17) is 5.11 Å². The van der Waals surface area contributed by atoms with E-state index in [1.165, 1.54) is 12.3 Å². The summed E-state index contributed by atoms with van der Waals surface area (Å²) in [5.74, 6) is -0.282. The van der Waals surface area contributed by atoms with Crippen molar-refractivity contribution in [2.24, 2.45) is 0 Å². The molecular weight excluding hydrogens is 202 g/mol. The van der Waals surface area contributed by atoms with Gasteiger partial charge in [-0.1, -0.05) is 0 Å². The van der Waals surface area contributed by atoms with Crippen LogP contribution in [0.4, 0.5) is 0 Å². The molecule has 1 aromatic rings. The van der Waals surface area contributed by atoms with Crippen molar-refractivity contribution in [3.63, 3.8) is 0 Å². The van der Waals surface area contributed by atoms with Gasteiger partial charge < -0.3 is 9.67 Å². The Hall–Kier alpha value is -1.23. The van der Waals surface area contributed by atoms with Crippen LogP contribution in [0.5, 0.6) is 0 Å². The van der Waals surface area contributed by atoms with Gasteiger partial charge in [0.2, 0.25) is 0 Å². The maximum atomic E-state index is 11.1. The van der Waals surface area contributed by atoms with Gasteiger partial charge in [-0.15, -0.1) is 0 Å². The van der Waals surface area contributed by atoms with E-state index in [0.29, 0.717) is 6.54 Å². The summed E-state index contributed by atoms with van der Waals surface area (Å²) in [6.07, 6.45) is 4.95. The van der Waals surface area contributed by atoms with Crippen LogP contribution in [0.25, 0.3) is 0 Å². The zero-order valence-electron chi connectivity index (χ0n) is 7.77. The highest BCUT2D eigenvalue weighted by Gasteiger charge is 2.07. The number of thioether (sulfide) groups is 1. The van der Waals surface area contributed by atoms with Crippen LogP contribution in [-0.2, 0) is 6.54 Å². The maximum absolute atomic E-state index is 11.1. The molecule has 1 rings (SSSR count). The van der Waals surface area contributed by atoms with Crippen LogP contribution in [0.1, 0.15) is 10.4 Å². The topological polar surface area (TPSA) is 59.3 Å². The van der Waals surface area contributed by atoms with Crippen LogP contribution in [0.15, 0.2) is 23.3 Å². The van der Waals surface area contributed by atoms with Gasteiger partial charge in [0.05, 0.1) is 0 Å². The molecule has 0 aliphatic carbocycles. The minimum absolute atomic E-state index is 0.173. The van der Waals surface area contributed by atoms with Gasteiger partial charge in [0.25, 0.3) is 0 Å². The molecule has 0 aliphatic rings. The second-order valence-corrected chi connectivity index (χ2v) is 3.74. The number of aromatic carboxylic acids is 1. The van der Waals surface area contributed by atoms with E-state index in [2.05, 4.69) is 0 Å². The number of hydrogen-bond donors (Lipinski definition) is 1. The predicted octanol–water partition coefficient (Wildman–Crippen LogP) is 0.909. The van der Waals surface area contributed by atoms with Crippen molar-refractivity contribution in [1.82, 2.24) is 4.57 Å². The minimum Gasteiger partial charge on any atom is -0.477 e. The summed E-state index contributed by atoms with van der Waals surface area (Å²) in [6, 6.07) is 1.28. The summed E-state index contributed by atoms with van der Waals surface area (Å²) in [5.41, 5.74) is -0.619. The van der Waals surface area contributed by atoms with E-state index in [-0.39, 0.29) is 5.56 Å². The molecule has 5 heteroatoms. The zero-order chi connectivity index (χ0) is 10.6. The van der Waals surface area contributed by atoms with Crippen LogP contribution in [0.3, 0.4) is 0 Å². The largest absolute Gasteiger partial charge is 0.477 e. The number of carbonyl (C=O) groups is 1. The molecule has 0 atom stereocenters. The van der Waals surface area contributed by atoms with Gasteiger partial charge in [0, 0.05) is 30.8 Å². The quantitative estimate of drug-likeness (QED) is 0.807. The molecule has 0 aliphatic heterocycles. The Labute approximate surface area is 85.6 Å². The number of carboxylic acids is 1. The maximum Gasteiger partial charge on any atom is 0.341 e. The first-order valence-electron chi connectivity index (χ1n) is 4.07. The summed E-state index contributed by atoms with van der Waals surface area (Å²) in [4.78, 5) is 21.7. The van der Waals surface area contributed by atoms with Crippen LogP contribution < -0.4 is 5.43 Å². The Morgan fingerprint density at radius 3 is 2.93 bits per heavy atom. The lowest BCUT2D eigenvalue weighted by atomic mass is 10.3. The molecule has 1 aromatic heterocycles. The van der Waals surface area contributed by atoms with Gasteiger partial charge in [0.1, 0.15) is 5.56 Å². The van der Waals surface area contributed by atoms with E-state index < -0.39 is 11.4 Å². The molecule has 0 aromatic carbocycles. The highest BCUT2D eigenvalue weighted by molar-refractivity contribution is 7.98. The van der Waals surface area contributed by atoms with Gasteiger partial charge in [-0.05, 0) is 6.26 Å². The smallest absolute Gasteiger partial charge is 0.341 e. The molecule has 0 amide bonds. The number of nitrogens with zero attached hydrogens (tertiary/aromatic N) is 1. The van der Waals surface area contributed by atoms with Crippen molar-refractivity contribution in [1.29, 1.82) is 0 Å². The molecule has 1 heterocycles. The summed E-state index contributed by atoms with van der Waals surface area (Å²) in [5, 5.41) is 8.70. The van der Waals surface area contributed by atoms with Crippen molar-refractivity contribution in [2.45, 2.75) is 6.54 Å². The van der Waals surface area contributed by atoms with E-state index in [0.717, 1.165) is 5.75 Å². The highest BCUT2D eigenvalue weighted by Crippen LogP contribution is 1.97. The second kappa shape index (κ2) is 4.85. The van der Waals surface area contributed by atoms with Crippen molar-refractivity contribution < 1.29 is 9.90 Å². The average Bonchev–Trinajstić information content (AvgIpc) is 2.16. The van der Waals surface area contributed by atoms with Gasteiger partial charge in [0.15, 0.2) is 5.43 Å². The molecule has 0 bridgehead atoms. The molecule has 0 spiro atoms. The lowest BCUT2D eigenvalue weighted by Gasteiger charge is -2.04. The summed E-state index contributed by atoms with van der Waals surface area (Å²) >= 11 is 1.67. The van der Waals surface area contributed by atoms with Crippen LogP contribution in [0.2, 0.25) is 0 Å². The summed E-state index contributed by atoms with van der Waals surface area (Å²) < 4.78 is 1.71. The van der Waals surface area contributed by atoms with Crippen LogP contribution in [-0.4, -0.2) is 27.7 Å². The number of aromatic nitrogens is 1. The fraction of sp³-hybridized carbons (Fsp3) is 0.333. The Morgan fingerprint density at radius 1 is 1.64 bits per heavy atom. The molecule has 0 saturated carbocycles. The normalized spacial score (nSPS) is 10.1. The lowest BCUT2D eigenvalue weighted by Crippen LogP contribution is -2.16. The Balaban J connectivity index is 2.95. The van der Waals surface area contributed by atoms with E-state index >= 15 is 0 Å². The zero-order valence-corrected chi connectivity index (χ0v) is 8.58.